The third kappa shape index (κ3) is 4.79. The van der Waals surface area contributed by atoms with E-state index in [2.05, 4.69) is 10.1 Å². The Kier molecular flexibility index (Phi) is 5.74. The van der Waals surface area contributed by atoms with Crippen molar-refractivity contribution in [3.05, 3.63) is 47.4 Å². The van der Waals surface area contributed by atoms with Crippen molar-refractivity contribution in [2.75, 3.05) is 5.32 Å². The van der Waals surface area contributed by atoms with Gasteiger partial charge in [-0.05, 0) is 39.0 Å². The van der Waals surface area contributed by atoms with Gasteiger partial charge >= 0.3 is 12.6 Å². The van der Waals surface area contributed by atoms with Crippen molar-refractivity contribution < 1.29 is 32.3 Å². The number of benzene rings is 1. The molecule has 1 unspecified atom stereocenters. The van der Waals surface area contributed by atoms with Gasteiger partial charge in [0.1, 0.15) is 22.8 Å². The van der Waals surface area contributed by atoms with Gasteiger partial charge in [0.05, 0.1) is 5.69 Å². The van der Waals surface area contributed by atoms with Crippen LogP contribution in [0.1, 0.15) is 28.8 Å². The molecule has 1 aromatic carbocycles. The second-order valence-corrected chi connectivity index (χ2v) is 5.24. The number of nitrogens with one attached hydrogen (secondary N) is 1. The highest BCUT2D eigenvalue weighted by Gasteiger charge is 2.23. The molecule has 0 spiro atoms. The van der Waals surface area contributed by atoms with E-state index in [-0.39, 0.29) is 17.0 Å². The Morgan fingerprint density at radius 1 is 1.20 bits per heavy atom. The van der Waals surface area contributed by atoms with Crippen LogP contribution >= 0.6 is 0 Å². The number of carbonyl (C=O) groups is 2. The van der Waals surface area contributed by atoms with Crippen LogP contribution in [0.2, 0.25) is 0 Å². The number of para-hydroxylation sites is 2. The molecule has 0 aliphatic heterocycles. The van der Waals surface area contributed by atoms with Gasteiger partial charge < -0.3 is 19.2 Å². The van der Waals surface area contributed by atoms with Crippen molar-refractivity contribution in [3.8, 4) is 5.75 Å². The molecule has 1 heterocycles. The van der Waals surface area contributed by atoms with E-state index in [9.17, 15) is 18.4 Å². The molecule has 0 saturated heterocycles. The molecule has 1 N–H and O–H groups in total. The van der Waals surface area contributed by atoms with E-state index in [1.54, 1.807) is 19.9 Å². The Morgan fingerprint density at radius 3 is 2.48 bits per heavy atom. The molecule has 0 aliphatic carbocycles. The average molecular weight is 353 g/mol. The lowest BCUT2D eigenvalue weighted by atomic mass is 10.2. The van der Waals surface area contributed by atoms with Crippen LogP contribution in [0, 0.1) is 13.8 Å². The van der Waals surface area contributed by atoms with Crippen LogP contribution in [0.15, 0.2) is 34.7 Å². The maximum absolute atomic E-state index is 12.4. The fraction of sp³-hybridized carbons (Fsp3) is 0.294. The zero-order valence-electron chi connectivity index (χ0n) is 13.8. The number of ether oxygens (including phenoxy) is 2. The van der Waals surface area contributed by atoms with E-state index in [1.165, 1.54) is 31.2 Å². The number of aryl methyl sites for hydroxylation is 2. The molecule has 2 aromatic rings. The van der Waals surface area contributed by atoms with Crippen LogP contribution in [0.5, 0.6) is 5.75 Å². The molecule has 0 fully saturated rings. The molecule has 1 atom stereocenters. The average Bonchev–Trinajstić information content (AvgIpc) is 2.87. The van der Waals surface area contributed by atoms with Gasteiger partial charge in [-0.1, -0.05) is 12.1 Å². The molecule has 25 heavy (non-hydrogen) atoms. The maximum Gasteiger partial charge on any atom is 0.387 e. The van der Waals surface area contributed by atoms with Crippen LogP contribution in [-0.2, 0) is 9.53 Å². The van der Waals surface area contributed by atoms with Crippen molar-refractivity contribution in [3.63, 3.8) is 0 Å². The monoisotopic (exact) mass is 353 g/mol. The quantitative estimate of drug-likeness (QED) is 0.802. The largest absolute Gasteiger partial charge is 0.466 e. The number of furan rings is 1. The predicted molar refractivity (Wildman–Crippen MR) is 84.8 cm³/mol. The number of anilines is 1. The van der Waals surface area contributed by atoms with Gasteiger partial charge in [0.25, 0.3) is 5.91 Å². The molecule has 0 aliphatic rings. The number of amides is 1. The van der Waals surface area contributed by atoms with Gasteiger partial charge in [0.15, 0.2) is 6.10 Å². The summed E-state index contributed by atoms with van der Waals surface area (Å²) in [4.78, 5) is 24.2. The number of alkyl halides is 2. The maximum atomic E-state index is 12.4. The first-order valence-corrected chi connectivity index (χ1v) is 7.40. The molecule has 0 radical (unpaired) electrons. The van der Waals surface area contributed by atoms with Crippen LogP contribution in [0.3, 0.4) is 0 Å². The SMILES string of the molecule is Cc1cc(C(=O)OC(C)C(=O)Nc2ccccc2OC(F)F)c(C)o1. The third-order valence-electron chi connectivity index (χ3n) is 3.27. The van der Waals surface area contributed by atoms with E-state index >= 15 is 0 Å². The Labute approximate surface area is 142 Å². The van der Waals surface area contributed by atoms with Crippen molar-refractivity contribution in [1.82, 2.24) is 0 Å². The summed E-state index contributed by atoms with van der Waals surface area (Å²) in [5.41, 5.74) is 0.268. The van der Waals surface area contributed by atoms with Crippen LogP contribution in [0.4, 0.5) is 14.5 Å². The van der Waals surface area contributed by atoms with Gasteiger partial charge in [-0.2, -0.15) is 8.78 Å². The topological polar surface area (TPSA) is 77.8 Å². The van der Waals surface area contributed by atoms with Gasteiger partial charge in [0, 0.05) is 0 Å². The van der Waals surface area contributed by atoms with Crippen molar-refractivity contribution in [2.24, 2.45) is 0 Å². The number of hydrogen-bond acceptors (Lipinski definition) is 5. The lowest BCUT2D eigenvalue weighted by Crippen LogP contribution is -2.30. The summed E-state index contributed by atoms with van der Waals surface area (Å²) in [6.07, 6.45) is -1.15. The van der Waals surface area contributed by atoms with Gasteiger partial charge in [-0.3, -0.25) is 4.79 Å². The lowest BCUT2D eigenvalue weighted by Gasteiger charge is -2.15. The first-order valence-electron chi connectivity index (χ1n) is 7.40. The Morgan fingerprint density at radius 2 is 1.88 bits per heavy atom. The number of carbonyl (C=O) groups excluding carboxylic acids is 2. The van der Waals surface area contributed by atoms with E-state index in [0.717, 1.165) is 0 Å². The first-order chi connectivity index (χ1) is 11.8. The molecule has 6 nitrogen and oxygen atoms in total. The second-order valence-electron chi connectivity index (χ2n) is 5.24. The molecule has 134 valence electrons. The summed E-state index contributed by atoms with van der Waals surface area (Å²) in [5.74, 6) is -0.665. The number of rotatable bonds is 6. The lowest BCUT2D eigenvalue weighted by molar-refractivity contribution is -0.123. The third-order valence-corrected chi connectivity index (χ3v) is 3.27. The number of halogens is 2. The van der Waals surface area contributed by atoms with Crippen molar-refractivity contribution in [1.29, 1.82) is 0 Å². The molecule has 0 bridgehead atoms. The van der Waals surface area contributed by atoms with Gasteiger partial charge in [0.2, 0.25) is 0 Å². The minimum atomic E-state index is -3.03. The number of esters is 1. The minimum absolute atomic E-state index is 0.0473. The van der Waals surface area contributed by atoms with E-state index < -0.39 is 24.6 Å². The normalized spacial score (nSPS) is 11.9. The smallest absolute Gasteiger partial charge is 0.387 e. The standard InChI is InChI=1S/C17H17F2NO5/c1-9-8-12(10(2)23-9)16(22)24-11(3)15(21)20-13-6-4-5-7-14(13)25-17(18)19/h4-8,11,17H,1-3H3,(H,20,21). The summed E-state index contributed by atoms with van der Waals surface area (Å²) in [6.45, 7) is 1.62. The molecule has 0 saturated carbocycles. The Balaban J connectivity index is 2.03. The Hall–Kier alpha value is -2.90. The summed E-state index contributed by atoms with van der Waals surface area (Å²) in [6, 6.07) is 7.22. The van der Waals surface area contributed by atoms with Crippen LogP contribution in [0.25, 0.3) is 0 Å². The predicted octanol–water partition coefficient (Wildman–Crippen LogP) is 3.68. The van der Waals surface area contributed by atoms with Crippen molar-refractivity contribution in [2.45, 2.75) is 33.5 Å². The summed E-state index contributed by atoms with van der Waals surface area (Å²) < 4.78 is 39.4. The molecular formula is C17H17F2NO5. The summed E-state index contributed by atoms with van der Waals surface area (Å²) in [7, 11) is 0. The first kappa shape index (κ1) is 18.4. The highest BCUT2D eigenvalue weighted by Crippen LogP contribution is 2.25. The van der Waals surface area contributed by atoms with Crippen LogP contribution < -0.4 is 10.1 Å². The van der Waals surface area contributed by atoms with E-state index in [4.69, 9.17) is 9.15 Å². The summed E-state index contributed by atoms with van der Waals surface area (Å²) in [5, 5.41) is 2.39. The highest BCUT2D eigenvalue weighted by molar-refractivity contribution is 5.98. The fourth-order valence-corrected chi connectivity index (χ4v) is 2.11. The molecule has 2 rings (SSSR count). The zero-order valence-corrected chi connectivity index (χ0v) is 13.8. The minimum Gasteiger partial charge on any atom is -0.466 e. The molecule has 1 aromatic heterocycles. The highest BCUT2D eigenvalue weighted by atomic mass is 19.3. The van der Waals surface area contributed by atoms with Gasteiger partial charge in [-0.15, -0.1) is 0 Å². The molecular weight excluding hydrogens is 336 g/mol. The second kappa shape index (κ2) is 7.78. The van der Waals surface area contributed by atoms with E-state index in [1.807, 2.05) is 0 Å². The molecule has 1 amide bonds. The van der Waals surface area contributed by atoms with Crippen LogP contribution in [-0.4, -0.2) is 24.6 Å². The number of hydrogen-bond donors (Lipinski definition) is 1. The molecule has 8 heteroatoms. The summed E-state index contributed by atoms with van der Waals surface area (Å²) >= 11 is 0. The zero-order chi connectivity index (χ0) is 18.6. The van der Waals surface area contributed by atoms with Gasteiger partial charge in [-0.25, -0.2) is 4.79 Å². The van der Waals surface area contributed by atoms with Crippen molar-refractivity contribution >= 4 is 17.6 Å². The fourth-order valence-electron chi connectivity index (χ4n) is 2.11. The Bertz CT molecular complexity index is 772. The van der Waals surface area contributed by atoms with E-state index in [0.29, 0.717) is 11.5 Å².